The number of benzene rings is 4. The molecule has 0 bridgehead atoms. The Kier molecular flexibility index (Phi) is 7.91. The van der Waals surface area contributed by atoms with Crippen molar-refractivity contribution in [3.8, 4) is 34.1 Å². The van der Waals surface area contributed by atoms with Crippen LogP contribution in [0.5, 0.6) is 11.5 Å². The second kappa shape index (κ2) is 12.3. The van der Waals surface area contributed by atoms with E-state index in [1.165, 1.54) is 38.6 Å². The van der Waals surface area contributed by atoms with E-state index in [2.05, 4.69) is 106 Å². The summed E-state index contributed by atoms with van der Waals surface area (Å²) in [4.78, 5) is 4.71. The van der Waals surface area contributed by atoms with Crippen molar-refractivity contribution in [1.82, 2.24) is 19.3 Å². The average molecular weight is 605 g/mol. The summed E-state index contributed by atoms with van der Waals surface area (Å²) in [5, 5.41) is 7.16. The Morgan fingerprint density at radius 1 is 0.804 bits per heavy atom. The van der Waals surface area contributed by atoms with Gasteiger partial charge in [0, 0.05) is 40.9 Å². The number of pyridine rings is 1. The first-order chi connectivity index (χ1) is 22.4. The van der Waals surface area contributed by atoms with Crippen LogP contribution in [-0.2, 0) is 12.8 Å². The fourth-order valence-electron chi connectivity index (χ4n) is 6.71. The number of para-hydroxylation sites is 1. The third-order valence-corrected chi connectivity index (χ3v) is 8.61. The smallest absolute Gasteiger partial charge is 0.137 e. The molecule has 0 saturated carbocycles. The van der Waals surface area contributed by atoms with Crippen molar-refractivity contribution in [2.75, 3.05) is 0 Å². The largest absolute Gasteiger partial charge is 0.457 e. The van der Waals surface area contributed by atoms with Crippen LogP contribution in [0.2, 0.25) is 0 Å². The van der Waals surface area contributed by atoms with Gasteiger partial charge in [0.15, 0.2) is 0 Å². The Balaban J connectivity index is 1.22. The van der Waals surface area contributed by atoms with Crippen molar-refractivity contribution in [2.24, 2.45) is 5.92 Å². The van der Waals surface area contributed by atoms with Gasteiger partial charge in [0.05, 0.1) is 22.9 Å². The van der Waals surface area contributed by atoms with Crippen LogP contribution in [0.1, 0.15) is 49.4 Å². The van der Waals surface area contributed by atoms with Gasteiger partial charge < -0.3 is 4.74 Å². The van der Waals surface area contributed by atoms with E-state index in [1.54, 1.807) is 0 Å². The minimum Gasteiger partial charge on any atom is -0.457 e. The van der Waals surface area contributed by atoms with Gasteiger partial charge in [0.1, 0.15) is 17.3 Å². The van der Waals surface area contributed by atoms with Crippen molar-refractivity contribution in [3.05, 3.63) is 132 Å². The van der Waals surface area contributed by atoms with Gasteiger partial charge in [0.25, 0.3) is 0 Å². The Hall–Kier alpha value is -5.16. The van der Waals surface area contributed by atoms with Gasteiger partial charge in [-0.3, -0.25) is 4.57 Å². The van der Waals surface area contributed by atoms with Crippen LogP contribution in [-0.4, -0.2) is 19.3 Å². The molecule has 4 aromatic carbocycles. The summed E-state index contributed by atoms with van der Waals surface area (Å²) in [6.45, 7) is 11.1. The number of hydrogen-bond acceptors (Lipinski definition) is 3. The molecule has 7 aromatic rings. The average Bonchev–Trinajstić information content (AvgIpc) is 3.64. The number of fused-ring (bicyclic) bond motifs is 3. The topological polar surface area (TPSA) is 44.9 Å². The summed E-state index contributed by atoms with van der Waals surface area (Å²) < 4.78 is 10.7. The molecule has 0 fully saturated rings. The highest BCUT2D eigenvalue weighted by Crippen LogP contribution is 2.36. The maximum Gasteiger partial charge on any atom is 0.137 e. The molecule has 0 spiro atoms. The molecule has 0 amide bonds. The standard InChI is InChI=1S/C41H40N4O/c1-6-10-30-21-29(5)41(31(22-30)19-27(2)3)32-25-43-44(26-32)33-11-9-12-34(23-33)46-35-15-16-37-36-13-7-8-14-38(36)45(39(37)24-35)40-20-28(4)17-18-42-40/h7-9,11-18,20-27H,6,10,19H2,1-5H3. The molecule has 0 N–H and O–H groups in total. The van der Waals surface area contributed by atoms with Crippen molar-refractivity contribution >= 4 is 21.8 Å². The number of rotatable bonds is 9. The predicted octanol–water partition coefficient (Wildman–Crippen LogP) is 10.6. The highest BCUT2D eigenvalue weighted by Gasteiger charge is 2.16. The molecule has 3 heterocycles. The number of aryl methyl sites for hydroxylation is 3. The van der Waals surface area contributed by atoms with Crippen molar-refractivity contribution in [3.63, 3.8) is 0 Å². The zero-order valence-corrected chi connectivity index (χ0v) is 27.3. The van der Waals surface area contributed by atoms with E-state index in [0.29, 0.717) is 5.92 Å². The zero-order valence-electron chi connectivity index (χ0n) is 27.3. The Labute approximate surface area is 271 Å². The summed E-state index contributed by atoms with van der Waals surface area (Å²) in [5.41, 5.74) is 10.9. The second-order valence-corrected chi connectivity index (χ2v) is 12.8. The van der Waals surface area contributed by atoms with Crippen molar-refractivity contribution < 1.29 is 4.74 Å². The van der Waals surface area contributed by atoms with E-state index in [-0.39, 0.29) is 0 Å². The summed E-state index contributed by atoms with van der Waals surface area (Å²) in [7, 11) is 0. The van der Waals surface area contributed by atoms with Gasteiger partial charge in [0.2, 0.25) is 0 Å². The van der Waals surface area contributed by atoms with E-state index in [4.69, 9.17) is 14.8 Å². The minimum absolute atomic E-state index is 0.576. The SMILES string of the molecule is CCCc1cc(C)c(-c2cnn(-c3cccc(Oc4ccc5c6ccccc6n(-c6cc(C)ccn6)c5c4)c3)c2)c(CC(C)C)c1. The van der Waals surface area contributed by atoms with E-state index in [0.717, 1.165) is 58.9 Å². The molecule has 0 aliphatic rings. The fraction of sp³-hybridized carbons (Fsp3) is 0.220. The Morgan fingerprint density at radius 2 is 1.63 bits per heavy atom. The van der Waals surface area contributed by atoms with Gasteiger partial charge in [-0.2, -0.15) is 5.10 Å². The molecule has 5 nitrogen and oxygen atoms in total. The third kappa shape index (κ3) is 5.69. The molecule has 0 atom stereocenters. The maximum atomic E-state index is 6.49. The first-order valence-electron chi connectivity index (χ1n) is 16.3. The lowest BCUT2D eigenvalue weighted by Gasteiger charge is -2.16. The highest BCUT2D eigenvalue weighted by atomic mass is 16.5. The summed E-state index contributed by atoms with van der Waals surface area (Å²) >= 11 is 0. The molecular formula is C41H40N4O. The summed E-state index contributed by atoms with van der Waals surface area (Å²) in [6, 6.07) is 31.8. The monoisotopic (exact) mass is 604 g/mol. The van der Waals surface area contributed by atoms with Crippen molar-refractivity contribution in [1.29, 1.82) is 0 Å². The van der Waals surface area contributed by atoms with Crippen LogP contribution < -0.4 is 4.74 Å². The summed E-state index contributed by atoms with van der Waals surface area (Å²) in [6.07, 6.45) is 9.31. The second-order valence-electron chi connectivity index (χ2n) is 12.8. The molecule has 46 heavy (non-hydrogen) atoms. The van der Waals surface area contributed by atoms with Gasteiger partial charge in [-0.05, 0) is 103 Å². The Bertz CT molecular complexity index is 2190. The quantitative estimate of drug-likeness (QED) is 0.165. The molecule has 0 radical (unpaired) electrons. The van der Waals surface area contributed by atoms with Crippen LogP contribution in [0.25, 0.3) is 44.4 Å². The number of hydrogen-bond donors (Lipinski definition) is 0. The summed E-state index contributed by atoms with van der Waals surface area (Å²) in [5.74, 6) is 2.99. The van der Waals surface area contributed by atoms with E-state index in [9.17, 15) is 0 Å². The van der Waals surface area contributed by atoms with Crippen LogP contribution in [0.3, 0.4) is 0 Å². The fourth-order valence-corrected chi connectivity index (χ4v) is 6.71. The van der Waals surface area contributed by atoms with Crippen LogP contribution in [0, 0.1) is 19.8 Å². The minimum atomic E-state index is 0.576. The third-order valence-electron chi connectivity index (χ3n) is 8.61. The normalized spacial score (nSPS) is 11.6. The van der Waals surface area contributed by atoms with Gasteiger partial charge >= 0.3 is 0 Å². The number of ether oxygens (including phenoxy) is 1. The predicted molar refractivity (Wildman–Crippen MR) is 190 cm³/mol. The van der Waals surface area contributed by atoms with Gasteiger partial charge in [-0.1, -0.05) is 63.6 Å². The van der Waals surface area contributed by atoms with Gasteiger partial charge in [-0.15, -0.1) is 0 Å². The molecule has 3 aromatic heterocycles. The molecule has 7 rings (SSSR count). The lowest BCUT2D eigenvalue weighted by atomic mass is 9.89. The molecule has 5 heteroatoms. The Morgan fingerprint density at radius 3 is 2.46 bits per heavy atom. The zero-order chi connectivity index (χ0) is 31.8. The molecule has 0 saturated heterocycles. The van der Waals surface area contributed by atoms with Crippen molar-refractivity contribution in [2.45, 2.75) is 53.9 Å². The van der Waals surface area contributed by atoms with Crippen LogP contribution >= 0.6 is 0 Å². The molecule has 0 unspecified atom stereocenters. The molecule has 0 aliphatic carbocycles. The van der Waals surface area contributed by atoms with Crippen LogP contribution in [0.4, 0.5) is 0 Å². The molecule has 0 aliphatic heterocycles. The number of nitrogens with zero attached hydrogens (tertiary/aromatic N) is 4. The first kappa shape index (κ1) is 29.5. The molecular weight excluding hydrogens is 564 g/mol. The van der Waals surface area contributed by atoms with E-state index >= 15 is 0 Å². The highest BCUT2D eigenvalue weighted by molar-refractivity contribution is 6.09. The maximum absolute atomic E-state index is 6.49. The van der Waals surface area contributed by atoms with Gasteiger partial charge in [-0.25, -0.2) is 9.67 Å². The lowest BCUT2D eigenvalue weighted by molar-refractivity contribution is 0.483. The van der Waals surface area contributed by atoms with E-state index < -0.39 is 0 Å². The molecule has 230 valence electrons. The first-order valence-corrected chi connectivity index (χ1v) is 16.3. The number of aromatic nitrogens is 4. The lowest BCUT2D eigenvalue weighted by Crippen LogP contribution is -2.01. The van der Waals surface area contributed by atoms with E-state index in [1.807, 2.05) is 47.4 Å². The van der Waals surface area contributed by atoms with Crippen LogP contribution in [0.15, 0.2) is 110 Å².